The maximum atomic E-state index is 12.8. The lowest BCUT2D eigenvalue weighted by molar-refractivity contribution is 0.881. The van der Waals surface area contributed by atoms with Gasteiger partial charge in [0.05, 0.1) is 5.69 Å². The Kier molecular flexibility index (Phi) is 3.81. The summed E-state index contributed by atoms with van der Waals surface area (Å²) in [7, 11) is 0. The van der Waals surface area contributed by atoms with Crippen LogP contribution in [0.1, 0.15) is 40.7 Å². The van der Waals surface area contributed by atoms with Crippen LogP contribution in [0.15, 0.2) is 41.3 Å². The average molecular weight is 397 g/mol. The summed E-state index contributed by atoms with van der Waals surface area (Å²) in [5, 5.41) is 8.57. The van der Waals surface area contributed by atoms with Crippen LogP contribution in [0, 0.1) is 6.92 Å². The third-order valence-electron chi connectivity index (χ3n) is 6.47. The number of anilines is 2. The highest BCUT2D eigenvalue weighted by molar-refractivity contribution is 5.76. The van der Waals surface area contributed by atoms with Crippen LogP contribution < -0.4 is 10.9 Å². The normalized spacial score (nSPS) is 14.8. The third kappa shape index (κ3) is 2.67. The zero-order chi connectivity index (χ0) is 20.2. The Morgan fingerprint density at radius 3 is 2.50 bits per heavy atom. The number of aryl methyl sites for hydroxylation is 3. The number of H-pyrrole nitrogens is 1. The standard InChI is InChI=1S/C24H23N5O/c1-14-6-2-3-11-20(14)29-13-19-22(28-29)26-24(27-23(19)30)25-21-17-9-4-7-15(17)12-16-8-5-10-18(16)21/h2-3,6,11-13H,4-5,7-10H2,1H3,(H2,25,26,27,28,30). The Morgan fingerprint density at radius 2 is 1.77 bits per heavy atom. The van der Waals surface area contributed by atoms with Gasteiger partial charge in [0.15, 0.2) is 5.65 Å². The molecule has 0 radical (unpaired) electrons. The predicted molar refractivity (Wildman–Crippen MR) is 118 cm³/mol. The Hall–Kier alpha value is -3.41. The van der Waals surface area contributed by atoms with Gasteiger partial charge in [-0.1, -0.05) is 24.3 Å². The first kappa shape index (κ1) is 17.4. The van der Waals surface area contributed by atoms with E-state index >= 15 is 0 Å². The number of hydrogen-bond acceptors (Lipinski definition) is 4. The molecule has 0 saturated heterocycles. The SMILES string of the molecule is Cc1ccccc1-n1cc2c(=O)[nH]c(Nc3c4c(cc5c3CCC5)CCC4)nc2n1. The number of rotatable bonds is 3. The highest BCUT2D eigenvalue weighted by Gasteiger charge is 2.24. The van der Waals surface area contributed by atoms with E-state index in [0.717, 1.165) is 36.9 Å². The molecule has 0 unspecified atom stereocenters. The lowest BCUT2D eigenvalue weighted by atomic mass is 9.99. The van der Waals surface area contributed by atoms with Crippen molar-refractivity contribution in [2.75, 3.05) is 5.32 Å². The second-order valence-corrected chi connectivity index (χ2v) is 8.37. The summed E-state index contributed by atoms with van der Waals surface area (Å²) >= 11 is 0. The Labute approximate surface area is 174 Å². The number of nitrogens with one attached hydrogen (secondary N) is 2. The molecule has 6 rings (SSSR count). The van der Waals surface area contributed by atoms with Gasteiger partial charge in [-0.15, -0.1) is 5.10 Å². The van der Waals surface area contributed by atoms with Crippen LogP contribution in [-0.4, -0.2) is 19.7 Å². The van der Waals surface area contributed by atoms with E-state index in [1.54, 1.807) is 10.9 Å². The fourth-order valence-corrected chi connectivity index (χ4v) is 5.00. The summed E-state index contributed by atoms with van der Waals surface area (Å²) in [6, 6.07) is 10.4. The molecule has 2 aromatic heterocycles. The lowest BCUT2D eigenvalue weighted by Gasteiger charge is -2.16. The highest BCUT2D eigenvalue weighted by atomic mass is 16.1. The van der Waals surface area contributed by atoms with Crippen molar-refractivity contribution in [1.29, 1.82) is 0 Å². The molecule has 0 bridgehead atoms. The molecule has 0 amide bonds. The molecule has 30 heavy (non-hydrogen) atoms. The molecule has 0 atom stereocenters. The molecule has 2 heterocycles. The Morgan fingerprint density at radius 1 is 1.03 bits per heavy atom. The molecular formula is C24H23N5O. The van der Waals surface area contributed by atoms with Crippen LogP contribution in [0.5, 0.6) is 0 Å². The van der Waals surface area contributed by atoms with Crippen molar-refractivity contribution < 1.29 is 0 Å². The van der Waals surface area contributed by atoms with Crippen LogP contribution in [0.3, 0.4) is 0 Å². The van der Waals surface area contributed by atoms with Crippen LogP contribution in [0.2, 0.25) is 0 Å². The van der Waals surface area contributed by atoms with Crippen molar-refractivity contribution in [3.8, 4) is 5.69 Å². The van der Waals surface area contributed by atoms with Gasteiger partial charge in [0.25, 0.3) is 5.56 Å². The number of aromatic amines is 1. The van der Waals surface area contributed by atoms with Gasteiger partial charge in [-0.2, -0.15) is 4.98 Å². The molecule has 0 aliphatic heterocycles. The number of para-hydroxylation sites is 1. The zero-order valence-corrected chi connectivity index (χ0v) is 17.0. The van der Waals surface area contributed by atoms with Crippen LogP contribution in [0.4, 0.5) is 11.6 Å². The maximum absolute atomic E-state index is 12.8. The molecule has 0 saturated carbocycles. The van der Waals surface area contributed by atoms with E-state index in [0.29, 0.717) is 17.0 Å². The van der Waals surface area contributed by atoms with E-state index in [9.17, 15) is 4.79 Å². The molecule has 2 aliphatic carbocycles. The van der Waals surface area contributed by atoms with Gasteiger partial charge >= 0.3 is 0 Å². The molecule has 4 aromatic rings. The van der Waals surface area contributed by atoms with Gasteiger partial charge in [-0.3, -0.25) is 9.78 Å². The van der Waals surface area contributed by atoms with E-state index < -0.39 is 0 Å². The van der Waals surface area contributed by atoms with E-state index in [-0.39, 0.29) is 5.56 Å². The van der Waals surface area contributed by atoms with Crippen molar-refractivity contribution in [3.05, 3.63) is 74.7 Å². The monoisotopic (exact) mass is 397 g/mol. The number of fused-ring (bicyclic) bond motifs is 3. The van der Waals surface area contributed by atoms with Crippen molar-refractivity contribution in [2.24, 2.45) is 0 Å². The van der Waals surface area contributed by atoms with Crippen molar-refractivity contribution in [2.45, 2.75) is 45.4 Å². The second-order valence-electron chi connectivity index (χ2n) is 8.37. The zero-order valence-electron chi connectivity index (χ0n) is 17.0. The van der Waals surface area contributed by atoms with Crippen LogP contribution in [0.25, 0.3) is 16.7 Å². The third-order valence-corrected chi connectivity index (χ3v) is 6.47. The van der Waals surface area contributed by atoms with Crippen molar-refractivity contribution in [1.82, 2.24) is 19.7 Å². The van der Waals surface area contributed by atoms with Crippen molar-refractivity contribution in [3.63, 3.8) is 0 Å². The fraction of sp³-hybridized carbons (Fsp3) is 0.292. The summed E-state index contributed by atoms with van der Waals surface area (Å²) in [4.78, 5) is 20.4. The summed E-state index contributed by atoms with van der Waals surface area (Å²) in [6.45, 7) is 2.03. The van der Waals surface area contributed by atoms with E-state index in [2.05, 4.69) is 26.4 Å². The minimum atomic E-state index is -0.174. The number of benzene rings is 2. The first-order valence-corrected chi connectivity index (χ1v) is 10.7. The molecule has 6 nitrogen and oxygen atoms in total. The number of aromatic nitrogens is 4. The summed E-state index contributed by atoms with van der Waals surface area (Å²) in [5.74, 6) is 0.469. The minimum Gasteiger partial charge on any atom is -0.325 e. The summed E-state index contributed by atoms with van der Waals surface area (Å²) < 4.78 is 1.74. The van der Waals surface area contributed by atoms with E-state index in [1.165, 1.54) is 40.8 Å². The molecular weight excluding hydrogens is 374 g/mol. The largest absolute Gasteiger partial charge is 0.325 e. The summed E-state index contributed by atoms with van der Waals surface area (Å²) in [5.41, 5.74) is 9.17. The molecule has 2 aromatic carbocycles. The first-order chi connectivity index (χ1) is 14.7. The topological polar surface area (TPSA) is 75.6 Å². The predicted octanol–water partition coefficient (Wildman–Crippen LogP) is 4.14. The average Bonchev–Trinajstić information content (AvgIpc) is 3.47. The Bertz CT molecular complexity index is 1330. The first-order valence-electron chi connectivity index (χ1n) is 10.7. The van der Waals surface area contributed by atoms with Gasteiger partial charge in [-0.25, -0.2) is 4.68 Å². The van der Waals surface area contributed by atoms with E-state index in [4.69, 9.17) is 0 Å². The highest BCUT2D eigenvalue weighted by Crippen LogP contribution is 2.39. The van der Waals surface area contributed by atoms with Crippen LogP contribution >= 0.6 is 0 Å². The fourth-order valence-electron chi connectivity index (χ4n) is 5.00. The van der Waals surface area contributed by atoms with Crippen molar-refractivity contribution >= 4 is 22.7 Å². The Balaban J connectivity index is 1.45. The number of nitrogens with zero attached hydrogens (tertiary/aromatic N) is 3. The molecule has 0 spiro atoms. The molecule has 6 heteroatoms. The smallest absolute Gasteiger partial charge is 0.263 e. The molecule has 150 valence electrons. The van der Waals surface area contributed by atoms with Gasteiger partial charge < -0.3 is 5.32 Å². The minimum absolute atomic E-state index is 0.174. The van der Waals surface area contributed by atoms with Gasteiger partial charge in [0.2, 0.25) is 5.95 Å². The quantitative estimate of drug-likeness (QED) is 0.545. The van der Waals surface area contributed by atoms with E-state index in [1.807, 2.05) is 31.2 Å². The maximum Gasteiger partial charge on any atom is 0.263 e. The van der Waals surface area contributed by atoms with Gasteiger partial charge in [0.1, 0.15) is 5.39 Å². The second kappa shape index (κ2) is 6.55. The van der Waals surface area contributed by atoms with Gasteiger partial charge in [-0.05, 0) is 79.3 Å². The van der Waals surface area contributed by atoms with Crippen LogP contribution in [-0.2, 0) is 25.7 Å². The molecule has 2 N–H and O–H groups in total. The lowest BCUT2D eigenvalue weighted by Crippen LogP contribution is -2.12. The summed E-state index contributed by atoms with van der Waals surface area (Å²) in [6.07, 6.45) is 8.58. The molecule has 0 fully saturated rings. The van der Waals surface area contributed by atoms with Gasteiger partial charge in [0, 0.05) is 11.9 Å². The molecule has 2 aliphatic rings. The number of hydrogen-bond donors (Lipinski definition) is 2.